The van der Waals surface area contributed by atoms with Gasteiger partial charge >= 0.3 is 0 Å². The van der Waals surface area contributed by atoms with Crippen molar-refractivity contribution in [1.29, 1.82) is 0 Å². The number of halogens is 2. The first kappa shape index (κ1) is 20.8. The van der Waals surface area contributed by atoms with Gasteiger partial charge in [0.1, 0.15) is 17.4 Å². The maximum Gasteiger partial charge on any atom is 0.274 e. The third-order valence-corrected chi connectivity index (χ3v) is 8.81. The van der Waals surface area contributed by atoms with E-state index in [1.807, 2.05) is 12.1 Å². The van der Waals surface area contributed by atoms with E-state index in [1.165, 1.54) is 15.9 Å². The van der Waals surface area contributed by atoms with Gasteiger partial charge in [0, 0.05) is 19.2 Å². The number of thiazole rings is 1. The zero-order valence-electron chi connectivity index (χ0n) is 16.8. The minimum Gasteiger partial charge on any atom is -0.467 e. The zero-order chi connectivity index (χ0) is 21.6. The van der Waals surface area contributed by atoms with E-state index in [0.29, 0.717) is 35.5 Å². The number of sulfonamides is 1. The second kappa shape index (κ2) is 8.11. The van der Waals surface area contributed by atoms with Crippen molar-refractivity contribution in [1.82, 2.24) is 9.29 Å². The highest BCUT2D eigenvalue weighted by Gasteiger charge is 2.31. The lowest BCUT2D eigenvalue weighted by atomic mass is 9.92. The monoisotopic (exact) mass is 464 g/mol. The zero-order valence-corrected chi connectivity index (χ0v) is 18.4. The largest absolute Gasteiger partial charge is 0.467 e. The van der Waals surface area contributed by atoms with Crippen LogP contribution in [0.25, 0.3) is 10.2 Å². The fourth-order valence-corrected chi connectivity index (χ4v) is 6.78. The van der Waals surface area contributed by atoms with Crippen molar-refractivity contribution >= 4 is 31.6 Å². The van der Waals surface area contributed by atoms with E-state index in [2.05, 4.69) is 4.98 Å². The predicted molar refractivity (Wildman–Crippen MR) is 115 cm³/mol. The van der Waals surface area contributed by atoms with Gasteiger partial charge in [-0.1, -0.05) is 17.4 Å². The Hall–Kier alpha value is -2.10. The molecule has 31 heavy (non-hydrogen) atoms. The van der Waals surface area contributed by atoms with Crippen molar-refractivity contribution in [2.75, 3.05) is 13.1 Å². The Balaban J connectivity index is 1.26. The van der Waals surface area contributed by atoms with Gasteiger partial charge in [0.05, 0.1) is 9.60 Å². The quantitative estimate of drug-likeness (QED) is 0.562. The van der Waals surface area contributed by atoms with E-state index in [9.17, 15) is 17.2 Å². The van der Waals surface area contributed by atoms with Crippen molar-refractivity contribution in [2.24, 2.45) is 0 Å². The summed E-state index contributed by atoms with van der Waals surface area (Å²) in [7, 11) is -3.55. The average Bonchev–Trinajstić information content (AvgIpc) is 3.16. The number of nitrogens with zero attached hydrogens (tertiary/aromatic N) is 2. The van der Waals surface area contributed by atoms with Gasteiger partial charge in [-0.15, -0.1) is 0 Å². The first-order valence-electron chi connectivity index (χ1n) is 10.4. The van der Waals surface area contributed by atoms with Crippen LogP contribution < -0.4 is 4.74 Å². The molecular formula is C22H22F2N2O3S2. The highest BCUT2D eigenvalue weighted by atomic mass is 32.2. The molecule has 5 nitrogen and oxygen atoms in total. The Labute approximate surface area is 183 Å². The van der Waals surface area contributed by atoms with Crippen LogP contribution >= 0.6 is 11.3 Å². The molecule has 9 heteroatoms. The molecule has 2 aliphatic rings. The van der Waals surface area contributed by atoms with Gasteiger partial charge in [-0.3, -0.25) is 0 Å². The Morgan fingerprint density at radius 2 is 1.77 bits per heavy atom. The van der Waals surface area contributed by atoms with E-state index in [1.54, 1.807) is 6.07 Å². The normalized spacial score (nSPS) is 18.3. The predicted octanol–water partition coefficient (Wildman–Crippen LogP) is 4.69. The van der Waals surface area contributed by atoms with Crippen molar-refractivity contribution in [2.45, 2.75) is 49.5 Å². The first-order chi connectivity index (χ1) is 14.9. The molecule has 0 spiro atoms. The minimum atomic E-state index is -3.55. The molecule has 0 saturated carbocycles. The number of aryl methyl sites for hydroxylation is 2. The molecule has 0 amide bonds. The Morgan fingerprint density at radius 1 is 1.03 bits per heavy atom. The number of ether oxygens (including phenoxy) is 1. The second-order valence-electron chi connectivity index (χ2n) is 8.07. The number of rotatable bonds is 4. The summed E-state index contributed by atoms with van der Waals surface area (Å²) in [5.41, 5.74) is 2.49. The van der Waals surface area contributed by atoms with Gasteiger partial charge in [-0.05, 0) is 67.9 Å². The highest BCUT2D eigenvalue weighted by molar-refractivity contribution is 7.89. The summed E-state index contributed by atoms with van der Waals surface area (Å²) in [4.78, 5) is 4.48. The molecule has 1 saturated heterocycles. The Kier molecular flexibility index (Phi) is 5.44. The average molecular weight is 465 g/mol. The van der Waals surface area contributed by atoms with Gasteiger partial charge < -0.3 is 4.74 Å². The summed E-state index contributed by atoms with van der Waals surface area (Å²) in [6.45, 7) is 0.690. The second-order valence-corrected chi connectivity index (χ2v) is 11.0. The SMILES string of the molecule is O=S(=O)(c1ccc2c(c1)CCCC2)N1CCC(Oc2nc3c(F)cc(F)cc3s2)CC1. The molecule has 164 valence electrons. The molecule has 0 N–H and O–H groups in total. The molecule has 1 aliphatic heterocycles. The number of piperidine rings is 1. The van der Waals surface area contributed by atoms with Crippen LogP contribution in [-0.4, -0.2) is 36.9 Å². The maximum absolute atomic E-state index is 13.9. The van der Waals surface area contributed by atoms with Gasteiger partial charge in [-0.25, -0.2) is 17.2 Å². The van der Waals surface area contributed by atoms with E-state index >= 15 is 0 Å². The van der Waals surface area contributed by atoms with Crippen LogP contribution in [0, 0.1) is 11.6 Å². The van der Waals surface area contributed by atoms with Gasteiger partial charge in [0.15, 0.2) is 5.82 Å². The van der Waals surface area contributed by atoms with E-state index < -0.39 is 21.7 Å². The summed E-state index contributed by atoms with van der Waals surface area (Å²) < 4.78 is 61.3. The van der Waals surface area contributed by atoms with E-state index in [-0.39, 0.29) is 16.8 Å². The van der Waals surface area contributed by atoms with E-state index in [4.69, 9.17) is 4.74 Å². The fraction of sp³-hybridized carbons (Fsp3) is 0.409. The number of aromatic nitrogens is 1. The summed E-state index contributed by atoms with van der Waals surface area (Å²) in [5.74, 6) is -1.37. The van der Waals surface area contributed by atoms with Crippen molar-refractivity contribution in [3.8, 4) is 5.19 Å². The number of benzene rings is 2. The molecule has 0 atom stereocenters. The molecule has 5 rings (SSSR count). The highest BCUT2D eigenvalue weighted by Crippen LogP contribution is 2.33. The van der Waals surface area contributed by atoms with Gasteiger partial charge in [0.25, 0.3) is 5.19 Å². The van der Waals surface area contributed by atoms with Crippen LogP contribution in [-0.2, 0) is 22.9 Å². The third-order valence-electron chi connectivity index (χ3n) is 6.02. The molecule has 1 fully saturated rings. The smallest absolute Gasteiger partial charge is 0.274 e. The summed E-state index contributed by atoms with van der Waals surface area (Å²) >= 11 is 1.09. The topological polar surface area (TPSA) is 59.5 Å². The lowest BCUT2D eigenvalue weighted by Gasteiger charge is -2.31. The number of fused-ring (bicyclic) bond motifs is 2. The number of hydrogen-bond donors (Lipinski definition) is 0. The van der Waals surface area contributed by atoms with Crippen molar-refractivity contribution < 1.29 is 21.9 Å². The van der Waals surface area contributed by atoms with Crippen LogP contribution in [0.2, 0.25) is 0 Å². The Morgan fingerprint density at radius 3 is 2.55 bits per heavy atom. The molecule has 3 aromatic rings. The van der Waals surface area contributed by atoms with E-state index in [0.717, 1.165) is 48.6 Å². The van der Waals surface area contributed by atoms with Crippen LogP contribution in [0.1, 0.15) is 36.8 Å². The van der Waals surface area contributed by atoms with Crippen LogP contribution in [0.15, 0.2) is 35.2 Å². The molecular weight excluding hydrogens is 442 g/mol. The molecule has 2 aromatic carbocycles. The summed E-state index contributed by atoms with van der Waals surface area (Å²) in [6, 6.07) is 7.54. The standard InChI is InChI=1S/C22H22F2N2O3S2/c23-16-12-19(24)21-20(13-16)30-22(25-21)29-17-7-9-26(10-8-17)31(27,28)18-6-5-14-3-1-2-4-15(14)11-18/h5-6,11-13,17H,1-4,7-10H2. The maximum atomic E-state index is 13.9. The molecule has 1 aliphatic carbocycles. The van der Waals surface area contributed by atoms with Crippen LogP contribution in [0.5, 0.6) is 5.19 Å². The Bertz CT molecular complexity index is 1240. The van der Waals surface area contributed by atoms with Crippen LogP contribution in [0.4, 0.5) is 8.78 Å². The van der Waals surface area contributed by atoms with Crippen molar-refractivity contribution in [3.05, 3.63) is 53.1 Å². The molecule has 0 bridgehead atoms. The summed E-state index contributed by atoms with van der Waals surface area (Å²) in [5, 5.41) is 0.274. The molecule has 0 unspecified atom stereocenters. The minimum absolute atomic E-state index is 0.0915. The third kappa shape index (κ3) is 4.06. The van der Waals surface area contributed by atoms with Crippen molar-refractivity contribution in [3.63, 3.8) is 0 Å². The lowest BCUT2D eigenvalue weighted by Crippen LogP contribution is -2.41. The number of hydrogen-bond acceptors (Lipinski definition) is 5. The molecule has 2 heterocycles. The van der Waals surface area contributed by atoms with Crippen LogP contribution in [0.3, 0.4) is 0 Å². The lowest BCUT2D eigenvalue weighted by molar-refractivity contribution is 0.135. The summed E-state index contributed by atoms with van der Waals surface area (Å²) in [6.07, 6.45) is 5.00. The first-order valence-corrected chi connectivity index (χ1v) is 12.7. The molecule has 0 radical (unpaired) electrons. The fourth-order valence-electron chi connectivity index (χ4n) is 4.34. The van der Waals surface area contributed by atoms with Gasteiger partial charge in [-0.2, -0.15) is 9.29 Å². The van der Waals surface area contributed by atoms with Gasteiger partial charge in [0.2, 0.25) is 10.0 Å². The molecule has 1 aromatic heterocycles.